The Kier molecular flexibility index (Phi) is 6.63. The van der Waals surface area contributed by atoms with E-state index in [9.17, 15) is 52.7 Å². The summed E-state index contributed by atoms with van der Waals surface area (Å²) in [7, 11) is -2.31. The minimum Gasteiger partial charge on any atom is -0.206 e. The van der Waals surface area contributed by atoms with E-state index >= 15 is 26.3 Å². The maximum Gasteiger partial charge on any atom is 0.302 e. The van der Waals surface area contributed by atoms with Gasteiger partial charge in [0.2, 0.25) is 7.28 Å². The maximum absolute atomic E-state index is 15.7. The summed E-state index contributed by atoms with van der Waals surface area (Å²) in [5, 5.41) is -8.82. The third-order valence-corrected chi connectivity index (χ3v) is 7.49. The standard InChI is InChI=1S/C27HBF18/c29-11-3-4(12(30)6-5(11)16(34)24(42)25(43)17(6)35)15(33)22(40)19(37)9(3)28-10-7-1(13(31)21(39)20(10)38)2-8(27(7,45)46)18(36)26(44)23(41)14(2)32/h28H. The molecule has 0 nitrogen and oxygen atoms in total. The van der Waals surface area contributed by atoms with Crippen molar-refractivity contribution in [3.05, 3.63) is 104 Å². The lowest BCUT2D eigenvalue weighted by Gasteiger charge is -2.20. The molecule has 5 aromatic carbocycles. The summed E-state index contributed by atoms with van der Waals surface area (Å²) in [6.45, 7) is 0. The summed E-state index contributed by atoms with van der Waals surface area (Å²) in [4.78, 5) is 0. The molecule has 19 heteroatoms. The van der Waals surface area contributed by atoms with Gasteiger partial charge in [0.1, 0.15) is 11.6 Å². The zero-order valence-electron chi connectivity index (χ0n) is 21.0. The first-order chi connectivity index (χ1) is 21.3. The van der Waals surface area contributed by atoms with E-state index in [2.05, 4.69) is 0 Å². The number of alkyl halides is 2. The van der Waals surface area contributed by atoms with E-state index in [0.717, 1.165) is 0 Å². The number of hydrogen-bond donors (Lipinski definition) is 0. The molecule has 0 amide bonds. The Bertz CT molecular complexity index is 2280. The van der Waals surface area contributed by atoms with Crippen molar-refractivity contribution in [2.45, 2.75) is 5.92 Å². The van der Waals surface area contributed by atoms with Crippen molar-refractivity contribution in [3.8, 4) is 11.1 Å². The molecule has 238 valence electrons. The summed E-state index contributed by atoms with van der Waals surface area (Å²) in [6, 6.07) is 0. The van der Waals surface area contributed by atoms with Crippen LogP contribution in [0.2, 0.25) is 0 Å². The molecule has 0 aromatic heterocycles. The molecule has 1 aliphatic carbocycles. The molecule has 0 saturated heterocycles. The molecule has 0 aliphatic heterocycles. The van der Waals surface area contributed by atoms with E-state index < -0.39 is 161 Å². The van der Waals surface area contributed by atoms with Gasteiger partial charge in [-0.3, -0.25) is 0 Å². The van der Waals surface area contributed by atoms with Crippen molar-refractivity contribution < 1.29 is 79.0 Å². The van der Waals surface area contributed by atoms with Crippen LogP contribution in [0.3, 0.4) is 0 Å². The molecule has 0 radical (unpaired) electrons. The molecule has 46 heavy (non-hydrogen) atoms. The van der Waals surface area contributed by atoms with Crippen LogP contribution in [0.25, 0.3) is 32.7 Å². The molecule has 0 N–H and O–H groups in total. The van der Waals surface area contributed by atoms with Crippen LogP contribution in [0.5, 0.6) is 0 Å². The zero-order valence-corrected chi connectivity index (χ0v) is 21.0. The van der Waals surface area contributed by atoms with E-state index in [4.69, 9.17) is 0 Å². The van der Waals surface area contributed by atoms with Crippen molar-refractivity contribution in [1.29, 1.82) is 0 Å². The first-order valence-corrected chi connectivity index (χ1v) is 11.9. The van der Waals surface area contributed by atoms with Gasteiger partial charge < -0.3 is 0 Å². The van der Waals surface area contributed by atoms with E-state index in [1.54, 1.807) is 0 Å². The smallest absolute Gasteiger partial charge is 0.206 e. The van der Waals surface area contributed by atoms with Gasteiger partial charge in [0.25, 0.3) is 0 Å². The molecule has 5 aromatic rings. The van der Waals surface area contributed by atoms with Crippen molar-refractivity contribution >= 4 is 39.8 Å². The highest BCUT2D eigenvalue weighted by Gasteiger charge is 2.54. The minimum atomic E-state index is -5.40. The van der Waals surface area contributed by atoms with Crippen molar-refractivity contribution in [1.82, 2.24) is 0 Å². The second kappa shape index (κ2) is 9.71. The van der Waals surface area contributed by atoms with Gasteiger partial charge in [-0.25, -0.2) is 70.2 Å². The van der Waals surface area contributed by atoms with Crippen LogP contribution in [-0.2, 0) is 5.92 Å². The predicted molar refractivity (Wildman–Crippen MR) is 122 cm³/mol. The molecular weight excluding hydrogens is 677 g/mol. The van der Waals surface area contributed by atoms with Crippen molar-refractivity contribution in [2.75, 3.05) is 0 Å². The summed E-state index contributed by atoms with van der Waals surface area (Å²) in [6.07, 6.45) is 0. The second-order valence-corrected chi connectivity index (χ2v) is 9.73. The van der Waals surface area contributed by atoms with E-state index in [0.29, 0.717) is 0 Å². The first kappa shape index (κ1) is 31.4. The third kappa shape index (κ3) is 3.58. The SMILES string of the molecule is Fc1c(F)c(F)c2c(c1F)-c1c(F)c(F)c(F)c(Bc3c(F)c(F)c(F)c4c(F)c5c(F)c(F)c(F)c(F)c5c(F)c34)c1C2(F)F. The molecule has 6 rings (SSSR count). The molecule has 0 bridgehead atoms. The number of benzene rings is 5. The van der Waals surface area contributed by atoms with Gasteiger partial charge in [-0.15, -0.1) is 0 Å². The van der Waals surface area contributed by atoms with Gasteiger partial charge in [0.05, 0.1) is 21.7 Å². The molecule has 0 atom stereocenters. The highest BCUT2D eigenvalue weighted by molar-refractivity contribution is 6.70. The van der Waals surface area contributed by atoms with E-state index in [-0.39, 0.29) is 0 Å². The van der Waals surface area contributed by atoms with Crippen LogP contribution >= 0.6 is 0 Å². The lowest BCUT2D eigenvalue weighted by Crippen LogP contribution is -2.40. The van der Waals surface area contributed by atoms with Gasteiger partial charge in [-0.05, 0) is 10.9 Å². The highest BCUT2D eigenvalue weighted by Crippen LogP contribution is 2.54. The van der Waals surface area contributed by atoms with Crippen molar-refractivity contribution in [3.63, 3.8) is 0 Å². The summed E-state index contributed by atoms with van der Waals surface area (Å²) in [5.41, 5.74) is -13.6. The maximum atomic E-state index is 15.7. The van der Waals surface area contributed by atoms with Crippen LogP contribution in [0, 0.1) is 93.1 Å². The largest absolute Gasteiger partial charge is 0.302 e. The Morgan fingerprint density at radius 2 is 0.609 bits per heavy atom. The molecular formula is C27HBF18. The number of fused-ring (bicyclic) bond motifs is 5. The van der Waals surface area contributed by atoms with Gasteiger partial charge in [-0.2, -0.15) is 8.78 Å². The van der Waals surface area contributed by atoms with Gasteiger partial charge >= 0.3 is 5.92 Å². The molecule has 1 aliphatic rings. The lowest BCUT2D eigenvalue weighted by atomic mass is 9.59. The van der Waals surface area contributed by atoms with Crippen LogP contribution in [0.1, 0.15) is 11.1 Å². The fourth-order valence-corrected chi connectivity index (χ4v) is 5.54. The second-order valence-electron chi connectivity index (χ2n) is 9.73. The normalized spacial score (nSPS) is 13.6. The quantitative estimate of drug-likeness (QED) is 0.0590. The zero-order chi connectivity index (χ0) is 34.2. The summed E-state index contributed by atoms with van der Waals surface area (Å²) < 4.78 is 265. The van der Waals surface area contributed by atoms with Crippen LogP contribution in [-0.4, -0.2) is 7.28 Å². The Morgan fingerprint density at radius 3 is 1.11 bits per heavy atom. The van der Waals surface area contributed by atoms with Gasteiger partial charge in [-0.1, -0.05) is 0 Å². The summed E-state index contributed by atoms with van der Waals surface area (Å²) >= 11 is 0. The third-order valence-electron chi connectivity index (χ3n) is 7.49. The van der Waals surface area contributed by atoms with Gasteiger partial charge in [0, 0.05) is 22.1 Å². The minimum absolute atomic E-state index is 2.08. The van der Waals surface area contributed by atoms with E-state index in [1.165, 1.54) is 0 Å². The predicted octanol–water partition coefficient (Wildman–Crippen LogP) is 7.73. The Labute approximate surface area is 240 Å². The van der Waals surface area contributed by atoms with E-state index in [1.807, 2.05) is 0 Å². The van der Waals surface area contributed by atoms with Crippen LogP contribution in [0.15, 0.2) is 0 Å². The topological polar surface area (TPSA) is 0 Å². The molecule has 0 saturated carbocycles. The average molecular weight is 678 g/mol. The molecule has 0 unspecified atom stereocenters. The molecule has 0 spiro atoms. The Morgan fingerprint density at radius 1 is 0.283 bits per heavy atom. The number of rotatable bonds is 2. The van der Waals surface area contributed by atoms with Gasteiger partial charge in [0.15, 0.2) is 81.4 Å². The first-order valence-electron chi connectivity index (χ1n) is 11.9. The van der Waals surface area contributed by atoms with Crippen LogP contribution < -0.4 is 10.9 Å². The number of hydrogen-bond acceptors (Lipinski definition) is 0. The molecule has 0 heterocycles. The number of halogens is 18. The summed E-state index contributed by atoms with van der Waals surface area (Å²) in [5.74, 6) is -50.1. The average Bonchev–Trinajstić information content (AvgIpc) is 3.26. The fraction of sp³-hybridized carbons (Fsp3) is 0.0370. The molecule has 0 fully saturated rings. The lowest BCUT2D eigenvalue weighted by molar-refractivity contribution is 0.0435. The monoisotopic (exact) mass is 678 g/mol. The highest BCUT2D eigenvalue weighted by atomic mass is 19.3. The fourth-order valence-electron chi connectivity index (χ4n) is 5.54. The Balaban J connectivity index is 1.80. The van der Waals surface area contributed by atoms with Crippen LogP contribution in [0.4, 0.5) is 79.0 Å². The van der Waals surface area contributed by atoms with Crippen molar-refractivity contribution in [2.24, 2.45) is 0 Å². The Hall–Kier alpha value is -4.58.